The summed E-state index contributed by atoms with van der Waals surface area (Å²) in [6, 6.07) is 2.23. The fourth-order valence-corrected chi connectivity index (χ4v) is 4.94. The van der Waals surface area contributed by atoms with E-state index in [4.69, 9.17) is 4.52 Å². The molecule has 4 heteroatoms. The van der Waals surface area contributed by atoms with Crippen LogP contribution in [0.25, 0.3) is 11.1 Å². The number of carbonyl (C=O) groups is 1. The van der Waals surface area contributed by atoms with E-state index >= 15 is 0 Å². The molecule has 1 aliphatic carbocycles. The van der Waals surface area contributed by atoms with E-state index in [9.17, 15) is 4.79 Å². The van der Waals surface area contributed by atoms with Gasteiger partial charge < -0.3 is 9.84 Å². The van der Waals surface area contributed by atoms with Crippen LogP contribution in [0.4, 0.5) is 5.69 Å². The van der Waals surface area contributed by atoms with Crippen molar-refractivity contribution >= 4 is 11.5 Å². The smallest absolute Gasteiger partial charge is 0.167 e. The molecule has 4 nitrogen and oxygen atoms in total. The number of aromatic nitrogens is 1. The van der Waals surface area contributed by atoms with Crippen molar-refractivity contribution in [3.8, 4) is 11.1 Å². The molecule has 0 atom stereocenters. The molecule has 0 unspecified atom stereocenters. The highest BCUT2D eigenvalue weighted by Crippen LogP contribution is 2.48. The van der Waals surface area contributed by atoms with Gasteiger partial charge in [-0.3, -0.25) is 4.79 Å². The summed E-state index contributed by atoms with van der Waals surface area (Å²) in [6.45, 7) is 12.1. The average Bonchev–Trinajstić information content (AvgIpc) is 2.92. The molecular weight excluding hydrogens is 324 g/mol. The molecule has 0 amide bonds. The SMILES string of the molecule is Cc1noc(C)c1-c1cc2c(c3c1CCCC3)NC(C)(C)C(=O)C2(C)C. The topological polar surface area (TPSA) is 55.1 Å². The molecule has 1 N–H and O–H groups in total. The maximum atomic E-state index is 13.1. The molecule has 0 fully saturated rings. The molecule has 0 spiro atoms. The lowest BCUT2D eigenvalue weighted by atomic mass is 9.67. The zero-order valence-electron chi connectivity index (χ0n) is 16.7. The summed E-state index contributed by atoms with van der Waals surface area (Å²) in [5, 5.41) is 7.75. The van der Waals surface area contributed by atoms with Crippen LogP contribution in [0.2, 0.25) is 0 Å². The normalized spacial score (nSPS) is 20.3. The number of nitrogens with zero attached hydrogens (tertiary/aromatic N) is 1. The quantitative estimate of drug-likeness (QED) is 0.794. The predicted octanol–water partition coefficient (Wildman–Crippen LogP) is 4.89. The molecule has 138 valence electrons. The van der Waals surface area contributed by atoms with Gasteiger partial charge in [-0.05, 0) is 95.5 Å². The minimum atomic E-state index is -0.549. The monoisotopic (exact) mass is 352 g/mol. The second-order valence-corrected chi connectivity index (χ2v) is 8.91. The molecule has 2 aromatic rings. The number of Topliss-reactive ketones (excluding diaryl/α,β-unsaturated/α-hetero) is 1. The lowest BCUT2D eigenvalue weighted by Crippen LogP contribution is -2.54. The Labute approximate surface area is 155 Å². The van der Waals surface area contributed by atoms with Crippen LogP contribution in [0, 0.1) is 13.8 Å². The fourth-order valence-electron chi connectivity index (χ4n) is 4.94. The van der Waals surface area contributed by atoms with Crippen LogP contribution in [-0.2, 0) is 23.1 Å². The van der Waals surface area contributed by atoms with Crippen LogP contribution in [-0.4, -0.2) is 16.5 Å². The lowest BCUT2D eigenvalue weighted by molar-refractivity contribution is -0.127. The number of ketones is 1. The second kappa shape index (κ2) is 5.45. The minimum absolute atomic E-state index is 0.234. The Morgan fingerprint density at radius 3 is 2.35 bits per heavy atom. The highest BCUT2D eigenvalue weighted by Gasteiger charge is 2.47. The summed E-state index contributed by atoms with van der Waals surface area (Å²) < 4.78 is 5.46. The molecule has 4 rings (SSSR count). The van der Waals surface area contributed by atoms with Crippen LogP contribution < -0.4 is 5.32 Å². The summed E-state index contributed by atoms with van der Waals surface area (Å²) in [6.07, 6.45) is 4.52. The Balaban J connectivity index is 2.07. The molecule has 26 heavy (non-hydrogen) atoms. The Bertz CT molecular complexity index is 899. The number of aryl methyl sites for hydroxylation is 2. The molecule has 0 bridgehead atoms. The first-order valence-electron chi connectivity index (χ1n) is 9.60. The molecule has 0 saturated carbocycles. The number of hydrogen-bond acceptors (Lipinski definition) is 4. The fraction of sp³-hybridized carbons (Fsp3) is 0.545. The van der Waals surface area contributed by atoms with Gasteiger partial charge in [-0.1, -0.05) is 5.16 Å². The third kappa shape index (κ3) is 2.27. The largest absolute Gasteiger partial charge is 0.373 e. The van der Waals surface area contributed by atoms with E-state index in [2.05, 4.69) is 30.4 Å². The van der Waals surface area contributed by atoms with Crippen molar-refractivity contribution in [3.05, 3.63) is 34.2 Å². The minimum Gasteiger partial charge on any atom is -0.373 e. The first kappa shape index (κ1) is 17.3. The number of fused-ring (bicyclic) bond motifs is 3. The van der Waals surface area contributed by atoms with Crippen molar-refractivity contribution in [1.82, 2.24) is 5.16 Å². The lowest BCUT2D eigenvalue weighted by Gasteiger charge is -2.44. The van der Waals surface area contributed by atoms with Gasteiger partial charge >= 0.3 is 0 Å². The van der Waals surface area contributed by atoms with Gasteiger partial charge in [-0.15, -0.1) is 0 Å². The van der Waals surface area contributed by atoms with Crippen LogP contribution in [0.1, 0.15) is 68.7 Å². The molecule has 1 aliphatic heterocycles. The summed E-state index contributed by atoms with van der Waals surface area (Å²) >= 11 is 0. The van der Waals surface area contributed by atoms with E-state index in [1.807, 2.05) is 27.7 Å². The van der Waals surface area contributed by atoms with Gasteiger partial charge in [0.15, 0.2) is 5.78 Å². The van der Waals surface area contributed by atoms with Crippen LogP contribution in [0.3, 0.4) is 0 Å². The number of nitrogens with one attached hydrogen (secondary N) is 1. The first-order chi connectivity index (χ1) is 12.1. The van der Waals surface area contributed by atoms with E-state index in [-0.39, 0.29) is 5.78 Å². The highest BCUT2D eigenvalue weighted by molar-refractivity contribution is 6.04. The van der Waals surface area contributed by atoms with Crippen molar-refractivity contribution in [2.75, 3.05) is 5.32 Å². The zero-order valence-corrected chi connectivity index (χ0v) is 16.7. The summed E-state index contributed by atoms with van der Waals surface area (Å²) in [7, 11) is 0. The maximum absolute atomic E-state index is 13.1. The van der Waals surface area contributed by atoms with Gasteiger partial charge in [-0.2, -0.15) is 0 Å². The van der Waals surface area contributed by atoms with Crippen molar-refractivity contribution in [1.29, 1.82) is 0 Å². The summed E-state index contributed by atoms with van der Waals surface area (Å²) in [4.78, 5) is 13.1. The number of hydrogen-bond donors (Lipinski definition) is 1. The zero-order chi connectivity index (χ0) is 18.9. The van der Waals surface area contributed by atoms with Crippen molar-refractivity contribution in [2.24, 2.45) is 0 Å². The third-order valence-electron chi connectivity index (χ3n) is 6.20. The molecular formula is C22H28N2O2. The molecule has 1 aromatic carbocycles. The van der Waals surface area contributed by atoms with E-state index in [1.54, 1.807) is 0 Å². The first-order valence-corrected chi connectivity index (χ1v) is 9.60. The van der Waals surface area contributed by atoms with Crippen LogP contribution >= 0.6 is 0 Å². The van der Waals surface area contributed by atoms with E-state index < -0.39 is 11.0 Å². The standard InChI is InChI=1S/C22H28N2O2/c1-12-18(13(2)26-24-12)16-11-17-19(15-10-8-7-9-14(15)16)23-22(5,6)20(25)21(17,3)4/h11,23H,7-10H2,1-6H3. The van der Waals surface area contributed by atoms with Crippen LogP contribution in [0.5, 0.6) is 0 Å². The average molecular weight is 352 g/mol. The Morgan fingerprint density at radius 2 is 1.73 bits per heavy atom. The van der Waals surface area contributed by atoms with Gasteiger partial charge in [0.1, 0.15) is 5.76 Å². The molecule has 0 saturated heterocycles. The second-order valence-electron chi connectivity index (χ2n) is 8.91. The number of carbonyl (C=O) groups excluding carboxylic acids is 1. The van der Waals surface area contributed by atoms with Gasteiger partial charge in [0, 0.05) is 11.3 Å². The van der Waals surface area contributed by atoms with Gasteiger partial charge in [0.05, 0.1) is 16.6 Å². The number of rotatable bonds is 1. The summed E-state index contributed by atoms with van der Waals surface area (Å²) in [5.74, 6) is 1.08. The molecule has 2 heterocycles. The molecule has 1 aromatic heterocycles. The van der Waals surface area contributed by atoms with E-state index in [0.717, 1.165) is 35.4 Å². The summed E-state index contributed by atoms with van der Waals surface area (Å²) in [5.41, 5.74) is 7.23. The van der Waals surface area contributed by atoms with Gasteiger partial charge in [0.2, 0.25) is 0 Å². The highest BCUT2D eigenvalue weighted by atomic mass is 16.5. The van der Waals surface area contributed by atoms with Crippen molar-refractivity contribution in [2.45, 2.75) is 78.2 Å². The van der Waals surface area contributed by atoms with Gasteiger partial charge in [-0.25, -0.2) is 0 Å². The predicted molar refractivity (Wildman–Crippen MR) is 104 cm³/mol. The van der Waals surface area contributed by atoms with E-state index in [1.165, 1.54) is 35.2 Å². The van der Waals surface area contributed by atoms with Gasteiger partial charge in [0.25, 0.3) is 0 Å². The number of anilines is 1. The van der Waals surface area contributed by atoms with Crippen LogP contribution in [0.15, 0.2) is 10.6 Å². The molecule has 2 aliphatic rings. The third-order valence-corrected chi connectivity index (χ3v) is 6.20. The van der Waals surface area contributed by atoms with E-state index in [0.29, 0.717) is 0 Å². The number of benzene rings is 1. The van der Waals surface area contributed by atoms with Crippen molar-refractivity contribution < 1.29 is 9.32 Å². The Hall–Kier alpha value is -2.10. The maximum Gasteiger partial charge on any atom is 0.167 e. The molecule has 0 radical (unpaired) electrons. The van der Waals surface area contributed by atoms with Crippen molar-refractivity contribution in [3.63, 3.8) is 0 Å². The Kier molecular flexibility index (Phi) is 3.63. The Morgan fingerprint density at radius 1 is 1.08 bits per heavy atom.